The average molecular weight is 263 g/mol. The van der Waals surface area contributed by atoms with Crippen molar-refractivity contribution in [3.05, 3.63) is 40.5 Å². The second kappa shape index (κ2) is 4.57. The first-order valence-electron chi connectivity index (χ1n) is 4.97. The van der Waals surface area contributed by atoms with E-state index in [1.807, 2.05) is 0 Å². The summed E-state index contributed by atoms with van der Waals surface area (Å²) in [5.74, 6) is 0.687. The van der Waals surface area contributed by atoms with Gasteiger partial charge in [-0.2, -0.15) is 0 Å². The Labute approximate surface area is 106 Å². The van der Waals surface area contributed by atoms with E-state index in [0.717, 1.165) is 6.42 Å². The third-order valence-corrected chi connectivity index (χ3v) is 2.88. The van der Waals surface area contributed by atoms with Crippen molar-refractivity contribution in [1.29, 1.82) is 0 Å². The minimum absolute atomic E-state index is 0. The first-order chi connectivity index (χ1) is 6.18. The zero-order chi connectivity index (χ0) is 9.42. The van der Waals surface area contributed by atoms with Crippen LogP contribution in [0.1, 0.15) is 30.5 Å². The van der Waals surface area contributed by atoms with Gasteiger partial charge < -0.3 is 0 Å². The van der Waals surface area contributed by atoms with Crippen LogP contribution in [0.5, 0.6) is 0 Å². The molecule has 0 nitrogen and oxygen atoms in total. The third-order valence-electron chi connectivity index (χ3n) is 2.88. The summed E-state index contributed by atoms with van der Waals surface area (Å²) in [5.41, 5.74) is 5.95. The van der Waals surface area contributed by atoms with Crippen molar-refractivity contribution >= 4 is 6.08 Å². The summed E-state index contributed by atoms with van der Waals surface area (Å²) in [4.78, 5) is 0. The molecule has 0 bridgehead atoms. The van der Waals surface area contributed by atoms with E-state index in [2.05, 4.69) is 45.0 Å². The van der Waals surface area contributed by atoms with E-state index in [9.17, 15) is 0 Å². The standard InChI is InChI=1S/C13H16.Zr/c1-9(2)12-7-11-6-4-5-10(3)13(11)8-12;/h4-6,8-9H,7H2,1-3H3;. The van der Waals surface area contributed by atoms with Crippen molar-refractivity contribution in [3.8, 4) is 0 Å². The van der Waals surface area contributed by atoms with Crippen LogP contribution in [-0.4, -0.2) is 0 Å². The van der Waals surface area contributed by atoms with Gasteiger partial charge in [0.2, 0.25) is 0 Å². The summed E-state index contributed by atoms with van der Waals surface area (Å²) in [6.07, 6.45) is 3.53. The van der Waals surface area contributed by atoms with Crippen LogP contribution in [0.3, 0.4) is 0 Å². The number of fused-ring (bicyclic) bond motifs is 1. The Balaban J connectivity index is 0.000000980. The van der Waals surface area contributed by atoms with E-state index in [0.29, 0.717) is 5.92 Å². The first kappa shape index (κ1) is 11.9. The molecule has 1 aromatic carbocycles. The summed E-state index contributed by atoms with van der Waals surface area (Å²) in [5, 5.41) is 0. The molecule has 0 saturated carbocycles. The van der Waals surface area contributed by atoms with E-state index in [1.54, 1.807) is 5.57 Å². The molecule has 72 valence electrons. The molecule has 0 saturated heterocycles. The molecule has 0 aromatic heterocycles. The van der Waals surface area contributed by atoms with Gasteiger partial charge in [-0.1, -0.05) is 43.7 Å². The Morgan fingerprint density at radius 3 is 2.50 bits per heavy atom. The molecular weight excluding hydrogens is 247 g/mol. The molecule has 0 atom stereocenters. The molecule has 0 radical (unpaired) electrons. The van der Waals surface area contributed by atoms with Crippen LogP contribution in [0.25, 0.3) is 6.08 Å². The van der Waals surface area contributed by atoms with Crippen molar-refractivity contribution in [2.45, 2.75) is 27.2 Å². The number of benzene rings is 1. The summed E-state index contributed by atoms with van der Waals surface area (Å²) < 4.78 is 0. The molecule has 0 N–H and O–H groups in total. The molecule has 0 fully saturated rings. The van der Waals surface area contributed by atoms with Gasteiger partial charge in [0.1, 0.15) is 0 Å². The van der Waals surface area contributed by atoms with Crippen LogP contribution >= 0.6 is 0 Å². The fraction of sp³-hybridized carbons (Fsp3) is 0.385. The quantitative estimate of drug-likeness (QED) is 0.726. The van der Waals surface area contributed by atoms with Crippen molar-refractivity contribution in [2.75, 3.05) is 0 Å². The van der Waals surface area contributed by atoms with Gasteiger partial charge in [-0.15, -0.1) is 0 Å². The largest absolute Gasteiger partial charge is 0.0626 e. The molecule has 1 aromatic rings. The molecule has 0 amide bonds. The van der Waals surface area contributed by atoms with Crippen LogP contribution < -0.4 is 0 Å². The van der Waals surface area contributed by atoms with Gasteiger partial charge in [-0.3, -0.25) is 0 Å². The monoisotopic (exact) mass is 262 g/mol. The summed E-state index contributed by atoms with van der Waals surface area (Å²) in [7, 11) is 0. The third kappa shape index (κ3) is 2.08. The molecule has 0 spiro atoms. The van der Waals surface area contributed by atoms with Crippen LogP contribution in [0.15, 0.2) is 23.8 Å². The summed E-state index contributed by atoms with van der Waals surface area (Å²) >= 11 is 0. The Kier molecular flexibility index (Phi) is 3.89. The molecule has 14 heavy (non-hydrogen) atoms. The van der Waals surface area contributed by atoms with Gasteiger partial charge in [0.25, 0.3) is 0 Å². The summed E-state index contributed by atoms with van der Waals surface area (Å²) in [6.45, 7) is 6.73. The molecule has 1 aliphatic rings. The minimum atomic E-state index is 0. The van der Waals surface area contributed by atoms with Gasteiger partial charge in [-0.25, -0.2) is 0 Å². The predicted octanol–water partition coefficient (Wildman–Crippen LogP) is 3.59. The number of allylic oxidation sites excluding steroid dienone is 1. The normalized spacial score (nSPS) is 13.6. The zero-order valence-electron chi connectivity index (χ0n) is 9.09. The van der Waals surface area contributed by atoms with Gasteiger partial charge in [0.05, 0.1) is 0 Å². The minimum Gasteiger partial charge on any atom is -0.0626 e. The maximum absolute atomic E-state index is 2.37. The van der Waals surface area contributed by atoms with Crippen molar-refractivity contribution in [1.82, 2.24) is 0 Å². The molecule has 1 heteroatoms. The maximum Gasteiger partial charge on any atom is 0 e. The first-order valence-corrected chi connectivity index (χ1v) is 4.97. The molecule has 2 rings (SSSR count). The van der Waals surface area contributed by atoms with E-state index in [-0.39, 0.29) is 26.2 Å². The van der Waals surface area contributed by atoms with Gasteiger partial charge in [0.15, 0.2) is 0 Å². The predicted molar refractivity (Wildman–Crippen MR) is 57.7 cm³/mol. The second-order valence-electron chi connectivity index (χ2n) is 4.20. The number of rotatable bonds is 1. The topological polar surface area (TPSA) is 0 Å². The zero-order valence-corrected chi connectivity index (χ0v) is 11.6. The van der Waals surface area contributed by atoms with Gasteiger partial charge in [-0.05, 0) is 36.0 Å². The van der Waals surface area contributed by atoms with Crippen LogP contribution in [-0.2, 0) is 32.6 Å². The maximum atomic E-state index is 2.37. The molecule has 0 aliphatic heterocycles. The van der Waals surface area contributed by atoms with Crippen LogP contribution in [0, 0.1) is 12.8 Å². The van der Waals surface area contributed by atoms with Crippen molar-refractivity contribution < 1.29 is 26.2 Å². The molecule has 0 heterocycles. The van der Waals surface area contributed by atoms with Gasteiger partial charge in [0, 0.05) is 26.2 Å². The molecular formula is C13H16Zr. The number of aryl methyl sites for hydroxylation is 1. The summed E-state index contributed by atoms with van der Waals surface area (Å²) in [6, 6.07) is 6.60. The Bertz CT molecular complexity index is 361. The van der Waals surface area contributed by atoms with E-state index < -0.39 is 0 Å². The fourth-order valence-electron chi connectivity index (χ4n) is 1.93. The van der Waals surface area contributed by atoms with Gasteiger partial charge >= 0.3 is 0 Å². The second-order valence-corrected chi connectivity index (χ2v) is 4.20. The van der Waals surface area contributed by atoms with E-state index in [4.69, 9.17) is 0 Å². The van der Waals surface area contributed by atoms with Crippen LogP contribution in [0.2, 0.25) is 0 Å². The Hall–Kier alpha value is -0.157. The molecule has 1 aliphatic carbocycles. The SMILES string of the molecule is Cc1cccc2c1C=C(C(C)C)C2.[Zr]. The smallest absolute Gasteiger partial charge is 0 e. The fourth-order valence-corrected chi connectivity index (χ4v) is 1.93. The number of hydrogen-bond donors (Lipinski definition) is 0. The van der Waals surface area contributed by atoms with E-state index >= 15 is 0 Å². The Morgan fingerprint density at radius 2 is 1.93 bits per heavy atom. The van der Waals surface area contributed by atoms with Crippen LogP contribution in [0.4, 0.5) is 0 Å². The average Bonchev–Trinajstić information content (AvgIpc) is 2.49. The van der Waals surface area contributed by atoms with Crippen molar-refractivity contribution in [3.63, 3.8) is 0 Å². The molecule has 0 unspecified atom stereocenters. The Morgan fingerprint density at radius 1 is 1.21 bits per heavy atom. The number of hydrogen-bond acceptors (Lipinski definition) is 0. The van der Waals surface area contributed by atoms with Crippen molar-refractivity contribution in [2.24, 2.45) is 5.92 Å². The van der Waals surface area contributed by atoms with E-state index in [1.165, 1.54) is 16.7 Å².